The van der Waals surface area contributed by atoms with E-state index < -0.39 is 0 Å². The lowest BCUT2D eigenvalue weighted by Crippen LogP contribution is -2.32. The fourth-order valence-corrected chi connectivity index (χ4v) is 7.62. The smallest absolute Gasteiger partial charge is 0.199 e. The van der Waals surface area contributed by atoms with Crippen LogP contribution in [0.3, 0.4) is 0 Å². The Kier molecular flexibility index (Phi) is 5.66. The van der Waals surface area contributed by atoms with Crippen LogP contribution in [-0.2, 0) is 0 Å². The van der Waals surface area contributed by atoms with Crippen LogP contribution in [-0.4, -0.2) is 26.2 Å². The molecule has 9 rings (SSSR count). The largest absolute Gasteiger partial charge is 0.453 e. The Hall–Kier alpha value is -4.69. The Morgan fingerprint density at radius 1 is 0.591 bits per heavy atom. The van der Waals surface area contributed by atoms with E-state index in [1.807, 2.05) is 6.07 Å². The molecule has 5 heteroatoms. The molecule has 0 saturated carbocycles. The van der Waals surface area contributed by atoms with Crippen LogP contribution < -0.4 is 9.80 Å². The zero-order valence-electron chi connectivity index (χ0n) is 25.3. The summed E-state index contributed by atoms with van der Waals surface area (Å²) in [6.07, 6.45) is 4.96. The average Bonchev–Trinajstić information content (AvgIpc) is 3.60. The summed E-state index contributed by atoms with van der Waals surface area (Å²) >= 11 is 0. The third-order valence-electron chi connectivity index (χ3n) is 10.5. The van der Waals surface area contributed by atoms with E-state index in [-0.39, 0.29) is 0 Å². The molecule has 5 aromatic carbocycles. The lowest BCUT2D eigenvalue weighted by Gasteiger charge is -2.32. The van der Waals surface area contributed by atoms with Crippen molar-refractivity contribution in [3.63, 3.8) is 0 Å². The van der Waals surface area contributed by atoms with Gasteiger partial charge in [0.05, 0.1) is 6.57 Å². The Morgan fingerprint density at radius 2 is 1.11 bits per heavy atom. The van der Waals surface area contributed by atoms with Crippen LogP contribution in [0.5, 0.6) is 0 Å². The predicted octanol–water partition coefficient (Wildman–Crippen LogP) is 10.8. The molecule has 0 atom stereocenters. The molecule has 2 fully saturated rings. The molecule has 0 radical (unpaired) electrons. The van der Waals surface area contributed by atoms with Gasteiger partial charge in [0.2, 0.25) is 0 Å². The van der Waals surface area contributed by atoms with Crippen LogP contribution >= 0.6 is 0 Å². The number of hydrogen-bond acceptors (Lipinski definition) is 4. The number of piperidine rings is 2. The molecule has 0 bridgehead atoms. The summed E-state index contributed by atoms with van der Waals surface area (Å²) in [5, 5.41) is 8.40. The van der Waals surface area contributed by atoms with E-state index in [0.29, 0.717) is 16.9 Å². The van der Waals surface area contributed by atoms with Crippen molar-refractivity contribution in [2.45, 2.75) is 39.5 Å². The van der Waals surface area contributed by atoms with Gasteiger partial charge in [0, 0.05) is 59.1 Å². The fourth-order valence-electron chi connectivity index (χ4n) is 7.62. The predicted molar refractivity (Wildman–Crippen MR) is 183 cm³/mol. The SMILES string of the molecule is [C-]#[N+]c1cc2c3cc4ccc(N5CCC(C)CC5)cc4cc3oc2c2oc3cc4cc(N5CCC(C)CC5)ccc4cc3c12. The second-order valence-corrected chi connectivity index (χ2v) is 13.4. The van der Waals surface area contributed by atoms with Gasteiger partial charge in [-0.05, 0) is 114 Å². The van der Waals surface area contributed by atoms with E-state index in [9.17, 15) is 0 Å². The number of furan rings is 2. The first-order valence-electron chi connectivity index (χ1n) is 16.1. The highest BCUT2D eigenvalue weighted by Gasteiger charge is 2.22. The Morgan fingerprint density at radius 3 is 1.68 bits per heavy atom. The van der Waals surface area contributed by atoms with Crippen molar-refractivity contribution < 1.29 is 8.83 Å². The van der Waals surface area contributed by atoms with E-state index in [0.717, 1.165) is 81.5 Å². The molecule has 2 aliphatic heterocycles. The van der Waals surface area contributed by atoms with Crippen LogP contribution in [0.4, 0.5) is 17.1 Å². The van der Waals surface area contributed by atoms with Crippen molar-refractivity contribution in [3.05, 3.63) is 78.1 Å². The van der Waals surface area contributed by atoms with Gasteiger partial charge in [0.15, 0.2) is 16.9 Å². The number of hydrogen-bond donors (Lipinski definition) is 0. The zero-order valence-corrected chi connectivity index (χ0v) is 25.3. The molecule has 0 spiro atoms. The molecular weight excluding hydrogens is 542 g/mol. The monoisotopic (exact) mass is 577 g/mol. The van der Waals surface area contributed by atoms with E-state index in [1.165, 1.54) is 47.8 Å². The highest BCUT2D eigenvalue weighted by Crippen LogP contribution is 2.45. The summed E-state index contributed by atoms with van der Waals surface area (Å²) in [6, 6.07) is 24.2. The van der Waals surface area contributed by atoms with E-state index in [4.69, 9.17) is 15.4 Å². The molecular formula is C39H35N3O2. The third kappa shape index (κ3) is 3.97. The van der Waals surface area contributed by atoms with Crippen LogP contribution in [0.1, 0.15) is 39.5 Å². The quantitative estimate of drug-likeness (QED) is 0.192. The number of anilines is 2. The average molecular weight is 578 g/mol. The zero-order chi connectivity index (χ0) is 29.5. The van der Waals surface area contributed by atoms with Crippen molar-refractivity contribution in [1.82, 2.24) is 0 Å². The minimum Gasteiger partial charge on any atom is -0.453 e. The molecule has 2 aliphatic rings. The van der Waals surface area contributed by atoms with Crippen LogP contribution in [0.2, 0.25) is 0 Å². The minimum absolute atomic E-state index is 0.599. The van der Waals surface area contributed by atoms with Gasteiger partial charge in [-0.2, -0.15) is 0 Å². The standard InChI is InChI=1S/C39H35N3O2/c1-23-8-12-41(13-9-23)29-6-4-25-18-31-32-22-34(40-3)37-33-19-26-5-7-30(42-14-10-24(2)11-15-42)17-28(26)21-36(33)44-39(37)38(32)43-35(31)20-27(25)16-29/h4-7,16-24H,8-15H2,1-2H3. The topological polar surface area (TPSA) is 37.1 Å². The van der Waals surface area contributed by atoms with Crippen molar-refractivity contribution in [2.75, 3.05) is 36.0 Å². The number of nitrogens with zero attached hydrogens (tertiary/aromatic N) is 3. The number of rotatable bonds is 2. The molecule has 0 amide bonds. The second kappa shape index (κ2) is 9.66. The van der Waals surface area contributed by atoms with E-state index >= 15 is 0 Å². The van der Waals surface area contributed by atoms with Gasteiger partial charge in [0.1, 0.15) is 11.2 Å². The van der Waals surface area contributed by atoms with Gasteiger partial charge in [-0.3, -0.25) is 0 Å². The first-order valence-corrected chi connectivity index (χ1v) is 16.1. The summed E-state index contributed by atoms with van der Waals surface area (Å²) in [4.78, 5) is 8.99. The summed E-state index contributed by atoms with van der Waals surface area (Å²) in [6.45, 7) is 17.2. The van der Waals surface area contributed by atoms with Gasteiger partial charge in [-0.25, -0.2) is 4.85 Å². The highest BCUT2D eigenvalue weighted by molar-refractivity contribution is 6.25. The minimum atomic E-state index is 0.599. The maximum atomic E-state index is 8.10. The van der Waals surface area contributed by atoms with Crippen LogP contribution in [0.15, 0.2) is 75.6 Å². The summed E-state index contributed by atoms with van der Waals surface area (Å²) in [5.41, 5.74) is 6.14. The van der Waals surface area contributed by atoms with Gasteiger partial charge in [0.25, 0.3) is 0 Å². The lowest BCUT2D eigenvalue weighted by molar-refractivity contribution is 0.438. The first kappa shape index (κ1) is 25.8. The molecule has 0 aliphatic carbocycles. The molecule has 5 nitrogen and oxygen atoms in total. The van der Waals surface area contributed by atoms with E-state index in [2.05, 4.69) is 89.2 Å². The molecule has 7 aromatic rings. The highest BCUT2D eigenvalue weighted by atomic mass is 16.4. The Labute approximate surface area is 256 Å². The van der Waals surface area contributed by atoms with Gasteiger partial charge >= 0.3 is 0 Å². The fraction of sp³-hybridized carbons (Fsp3) is 0.308. The molecule has 0 unspecified atom stereocenters. The normalized spacial score (nSPS) is 17.2. The maximum Gasteiger partial charge on any atom is 0.199 e. The maximum absolute atomic E-state index is 8.10. The molecule has 4 heterocycles. The van der Waals surface area contributed by atoms with Gasteiger partial charge in [-0.1, -0.05) is 26.0 Å². The van der Waals surface area contributed by atoms with Crippen molar-refractivity contribution in [3.8, 4) is 0 Å². The van der Waals surface area contributed by atoms with Crippen LogP contribution in [0, 0.1) is 18.4 Å². The van der Waals surface area contributed by atoms with Crippen LogP contribution in [0.25, 0.3) is 70.3 Å². The molecule has 218 valence electrons. The lowest BCUT2D eigenvalue weighted by atomic mass is 9.98. The number of benzene rings is 5. The third-order valence-corrected chi connectivity index (χ3v) is 10.5. The Bertz CT molecular complexity index is 2300. The number of fused-ring (bicyclic) bond motifs is 9. The molecule has 44 heavy (non-hydrogen) atoms. The van der Waals surface area contributed by atoms with Gasteiger partial charge < -0.3 is 18.6 Å². The van der Waals surface area contributed by atoms with Crippen molar-refractivity contribution in [2.24, 2.45) is 11.8 Å². The molecule has 2 saturated heterocycles. The molecule has 2 aromatic heterocycles. The summed E-state index contributed by atoms with van der Waals surface area (Å²) in [7, 11) is 0. The Balaban J connectivity index is 1.20. The van der Waals surface area contributed by atoms with E-state index in [1.54, 1.807) is 0 Å². The summed E-state index contributed by atoms with van der Waals surface area (Å²) in [5.74, 6) is 1.60. The second-order valence-electron chi connectivity index (χ2n) is 13.4. The summed E-state index contributed by atoms with van der Waals surface area (Å²) < 4.78 is 13.2. The molecule has 0 N–H and O–H groups in total. The first-order chi connectivity index (χ1) is 21.5. The van der Waals surface area contributed by atoms with Crippen molar-refractivity contribution in [1.29, 1.82) is 0 Å². The van der Waals surface area contributed by atoms with Gasteiger partial charge in [-0.15, -0.1) is 0 Å². The van der Waals surface area contributed by atoms with Crippen molar-refractivity contribution >= 4 is 82.5 Å².